The predicted molar refractivity (Wildman–Crippen MR) is 83.7 cm³/mol. The lowest BCUT2D eigenvalue weighted by Gasteiger charge is -2.21. The molecule has 1 aliphatic carbocycles. The van der Waals surface area contributed by atoms with Crippen LogP contribution in [0.2, 0.25) is 5.02 Å². The smallest absolute Gasteiger partial charge is 0.0406 e. The van der Waals surface area contributed by atoms with Crippen LogP contribution in [0, 0.1) is 11.8 Å². The maximum atomic E-state index is 5.95. The van der Waals surface area contributed by atoms with E-state index < -0.39 is 0 Å². The first-order valence-electron chi connectivity index (χ1n) is 7.65. The van der Waals surface area contributed by atoms with Gasteiger partial charge in [0.15, 0.2) is 0 Å². The fourth-order valence-electron chi connectivity index (χ4n) is 2.55. The van der Waals surface area contributed by atoms with Crippen molar-refractivity contribution >= 4 is 11.6 Å². The SMILES string of the molecule is CCC(C)CC(CNC1CC1)Cc1ccc(Cl)cc1. The van der Waals surface area contributed by atoms with E-state index in [9.17, 15) is 0 Å². The Morgan fingerprint density at radius 2 is 1.95 bits per heavy atom. The third-order valence-corrected chi connectivity index (χ3v) is 4.39. The van der Waals surface area contributed by atoms with Gasteiger partial charge in [-0.1, -0.05) is 44.0 Å². The fraction of sp³-hybridized carbons (Fsp3) is 0.647. The highest BCUT2D eigenvalue weighted by Crippen LogP contribution is 2.23. The molecule has 1 nitrogen and oxygen atoms in total. The molecule has 2 unspecified atom stereocenters. The second-order valence-corrected chi connectivity index (χ2v) is 6.56. The lowest BCUT2D eigenvalue weighted by atomic mass is 9.89. The number of nitrogens with one attached hydrogen (secondary N) is 1. The molecule has 0 radical (unpaired) electrons. The molecule has 0 aliphatic heterocycles. The number of rotatable bonds is 8. The van der Waals surface area contributed by atoms with E-state index in [0.717, 1.165) is 29.4 Å². The number of benzene rings is 1. The van der Waals surface area contributed by atoms with Gasteiger partial charge in [0.2, 0.25) is 0 Å². The molecule has 19 heavy (non-hydrogen) atoms. The second kappa shape index (κ2) is 7.31. The number of halogens is 1. The van der Waals surface area contributed by atoms with Gasteiger partial charge in [0, 0.05) is 11.1 Å². The maximum absolute atomic E-state index is 5.95. The topological polar surface area (TPSA) is 12.0 Å². The largest absolute Gasteiger partial charge is 0.314 e. The third-order valence-electron chi connectivity index (χ3n) is 4.14. The summed E-state index contributed by atoms with van der Waals surface area (Å²) in [6.45, 7) is 5.82. The van der Waals surface area contributed by atoms with E-state index in [0.29, 0.717) is 0 Å². The van der Waals surface area contributed by atoms with Crippen LogP contribution in [0.25, 0.3) is 0 Å². The highest BCUT2D eigenvalue weighted by atomic mass is 35.5. The average Bonchev–Trinajstić information content (AvgIpc) is 3.22. The minimum atomic E-state index is 0.747. The molecular formula is C17H26ClN. The molecule has 1 aromatic rings. The zero-order valence-corrected chi connectivity index (χ0v) is 12.9. The van der Waals surface area contributed by atoms with Gasteiger partial charge in [0.1, 0.15) is 0 Å². The zero-order chi connectivity index (χ0) is 13.7. The number of hydrogen-bond acceptors (Lipinski definition) is 1. The summed E-state index contributed by atoms with van der Waals surface area (Å²) >= 11 is 5.95. The van der Waals surface area contributed by atoms with Gasteiger partial charge in [-0.15, -0.1) is 0 Å². The summed E-state index contributed by atoms with van der Waals surface area (Å²) in [4.78, 5) is 0. The highest BCUT2D eigenvalue weighted by molar-refractivity contribution is 6.30. The van der Waals surface area contributed by atoms with Crippen LogP contribution in [-0.4, -0.2) is 12.6 Å². The predicted octanol–water partition coefficient (Wildman–Crippen LogP) is 4.69. The van der Waals surface area contributed by atoms with Gasteiger partial charge < -0.3 is 5.32 Å². The third kappa shape index (κ3) is 5.54. The summed E-state index contributed by atoms with van der Waals surface area (Å²) in [7, 11) is 0. The van der Waals surface area contributed by atoms with Gasteiger partial charge >= 0.3 is 0 Å². The molecule has 2 rings (SSSR count). The Hall–Kier alpha value is -0.530. The Bertz CT molecular complexity index is 369. The molecule has 0 spiro atoms. The van der Waals surface area contributed by atoms with Crippen molar-refractivity contribution in [2.24, 2.45) is 11.8 Å². The summed E-state index contributed by atoms with van der Waals surface area (Å²) in [6.07, 6.45) is 6.51. The quantitative estimate of drug-likeness (QED) is 0.728. The first-order valence-corrected chi connectivity index (χ1v) is 8.03. The molecule has 2 atom stereocenters. The standard InChI is InChI=1S/C17H26ClN/c1-3-13(2)10-15(12-19-17-8-9-17)11-14-4-6-16(18)7-5-14/h4-7,13,15,17,19H,3,8-12H2,1-2H3. The van der Waals surface area contributed by atoms with Gasteiger partial charge in [-0.2, -0.15) is 0 Å². The van der Waals surface area contributed by atoms with Gasteiger partial charge in [-0.3, -0.25) is 0 Å². The van der Waals surface area contributed by atoms with E-state index in [2.05, 4.69) is 31.3 Å². The van der Waals surface area contributed by atoms with Crippen molar-refractivity contribution in [1.29, 1.82) is 0 Å². The van der Waals surface area contributed by atoms with Gasteiger partial charge in [0.05, 0.1) is 0 Å². The summed E-state index contributed by atoms with van der Waals surface area (Å²) in [5, 5.41) is 4.52. The van der Waals surface area contributed by atoms with Crippen LogP contribution >= 0.6 is 11.6 Å². The minimum Gasteiger partial charge on any atom is -0.314 e. The molecule has 0 bridgehead atoms. The molecule has 2 heteroatoms. The van der Waals surface area contributed by atoms with Gasteiger partial charge in [-0.25, -0.2) is 0 Å². The molecule has 1 fully saturated rings. The highest BCUT2D eigenvalue weighted by Gasteiger charge is 2.22. The van der Waals surface area contributed by atoms with Crippen LogP contribution in [-0.2, 0) is 6.42 Å². The molecular weight excluding hydrogens is 254 g/mol. The van der Waals surface area contributed by atoms with Crippen LogP contribution in [0.1, 0.15) is 45.1 Å². The molecule has 0 aromatic heterocycles. The van der Waals surface area contributed by atoms with E-state index >= 15 is 0 Å². The molecule has 0 heterocycles. The van der Waals surface area contributed by atoms with Crippen LogP contribution in [0.15, 0.2) is 24.3 Å². The van der Waals surface area contributed by atoms with Crippen molar-refractivity contribution in [2.45, 2.75) is 52.0 Å². The molecule has 1 N–H and O–H groups in total. The molecule has 0 saturated heterocycles. The van der Waals surface area contributed by atoms with E-state index in [1.165, 1.54) is 37.7 Å². The normalized spacial score (nSPS) is 18.3. The molecule has 0 amide bonds. The summed E-state index contributed by atoms with van der Waals surface area (Å²) in [5.74, 6) is 1.56. The Kier molecular flexibility index (Phi) is 5.72. The Balaban J connectivity index is 1.88. The summed E-state index contributed by atoms with van der Waals surface area (Å²) < 4.78 is 0. The van der Waals surface area contributed by atoms with E-state index in [-0.39, 0.29) is 0 Å². The molecule has 1 saturated carbocycles. The van der Waals surface area contributed by atoms with Crippen LogP contribution in [0.4, 0.5) is 0 Å². The van der Waals surface area contributed by atoms with Crippen LogP contribution < -0.4 is 5.32 Å². The lowest BCUT2D eigenvalue weighted by molar-refractivity contribution is 0.362. The van der Waals surface area contributed by atoms with Crippen molar-refractivity contribution in [1.82, 2.24) is 5.32 Å². The van der Waals surface area contributed by atoms with Crippen molar-refractivity contribution in [3.63, 3.8) is 0 Å². The van der Waals surface area contributed by atoms with Crippen molar-refractivity contribution in [3.05, 3.63) is 34.9 Å². The van der Waals surface area contributed by atoms with E-state index in [1.807, 2.05) is 12.1 Å². The van der Waals surface area contributed by atoms with Crippen molar-refractivity contribution in [2.75, 3.05) is 6.54 Å². The van der Waals surface area contributed by atoms with E-state index in [1.54, 1.807) is 0 Å². The maximum Gasteiger partial charge on any atom is 0.0406 e. The van der Waals surface area contributed by atoms with Crippen molar-refractivity contribution in [3.8, 4) is 0 Å². The van der Waals surface area contributed by atoms with Crippen LogP contribution in [0.3, 0.4) is 0 Å². The zero-order valence-electron chi connectivity index (χ0n) is 12.2. The van der Waals surface area contributed by atoms with E-state index in [4.69, 9.17) is 11.6 Å². The molecule has 106 valence electrons. The van der Waals surface area contributed by atoms with Gasteiger partial charge in [-0.05, 0) is 61.8 Å². The fourth-order valence-corrected chi connectivity index (χ4v) is 2.68. The van der Waals surface area contributed by atoms with Crippen molar-refractivity contribution < 1.29 is 0 Å². The summed E-state index contributed by atoms with van der Waals surface area (Å²) in [5.41, 5.74) is 1.41. The van der Waals surface area contributed by atoms with Crippen LogP contribution in [0.5, 0.6) is 0 Å². The number of hydrogen-bond donors (Lipinski definition) is 1. The Labute approximate surface area is 122 Å². The monoisotopic (exact) mass is 279 g/mol. The Morgan fingerprint density at radius 1 is 1.26 bits per heavy atom. The van der Waals surface area contributed by atoms with Gasteiger partial charge in [0.25, 0.3) is 0 Å². The minimum absolute atomic E-state index is 0.747. The second-order valence-electron chi connectivity index (χ2n) is 6.13. The lowest BCUT2D eigenvalue weighted by Crippen LogP contribution is -2.27. The Morgan fingerprint density at radius 3 is 2.53 bits per heavy atom. The first-order chi connectivity index (χ1) is 9.17. The average molecular weight is 280 g/mol. The molecule has 1 aliphatic rings. The summed E-state index contributed by atoms with van der Waals surface area (Å²) in [6, 6.07) is 9.16. The first kappa shape index (κ1) is 14.9. The molecule has 1 aromatic carbocycles.